The maximum absolute atomic E-state index is 10.6. The van der Waals surface area contributed by atoms with Crippen molar-refractivity contribution in [2.75, 3.05) is 27.3 Å². The number of nitrogens with zero attached hydrogens (tertiary/aromatic N) is 2. The van der Waals surface area contributed by atoms with E-state index < -0.39 is 5.97 Å². The van der Waals surface area contributed by atoms with Crippen LogP contribution in [0.4, 0.5) is 0 Å². The lowest BCUT2D eigenvalue weighted by Crippen LogP contribution is -2.19. The van der Waals surface area contributed by atoms with Crippen LogP contribution in [0, 0.1) is 0 Å². The maximum Gasteiger partial charge on any atom is 0.358 e. The quantitative estimate of drug-likeness (QED) is 0.697. The van der Waals surface area contributed by atoms with Crippen LogP contribution in [0.25, 0.3) is 0 Å². The highest BCUT2D eigenvalue weighted by molar-refractivity contribution is 5.85. The molecule has 0 aliphatic rings. The van der Waals surface area contributed by atoms with Crippen LogP contribution in [0.3, 0.4) is 0 Å². The van der Waals surface area contributed by atoms with Gasteiger partial charge in [0.05, 0.1) is 6.54 Å². The zero-order chi connectivity index (χ0) is 12.0. The van der Waals surface area contributed by atoms with Crippen LogP contribution in [0.15, 0.2) is 10.6 Å². The second-order valence-corrected chi connectivity index (χ2v) is 3.57. The summed E-state index contributed by atoms with van der Waals surface area (Å²) in [5.74, 6) is -0.519. The van der Waals surface area contributed by atoms with Crippen LogP contribution < -0.4 is 0 Å². The van der Waals surface area contributed by atoms with Gasteiger partial charge in [-0.25, -0.2) is 4.79 Å². The molecule has 1 heterocycles. The second-order valence-electron chi connectivity index (χ2n) is 3.57. The van der Waals surface area contributed by atoms with Gasteiger partial charge in [-0.1, -0.05) is 5.16 Å². The molecule has 0 aliphatic heterocycles. The first-order chi connectivity index (χ1) is 7.63. The monoisotopic (exact) mass is 228 g/mol. The van der Waals surface area contributed by atoms with Crippen molar-refractivity contribution in [3.8, 4) is 0 Å². The lowest BCUT2D eigenvalue weighted by atomic mass is 10.3. The summed E-state index contributed by atoms with van der Waals surface area (Å²) in [7, 11) is 3.59. The zero-order valence-corrected chi connectivity index (χ0v) is 9.47. The molecule has 1 rings (SSSR count). The van der Waals surface area contributed by atoms with E-state index in [2.05, 4.69) is 5.16 Å². The third-order valence-corrected chi connectivity index (χ3v) is 2.09. The van der Waals surface area contributed by atoms with Gasteiger partial charge in [-0.15, -0.1) is 0 Å². The number of ether oxygens (including phenoxy) is 1. The summed E-state index contributed by atoms with van der Waals surface area (Å²) in [5, 5.41) is 12.1. The molecule has 0 amide bonds. The van der Waals surface area contributed by atoms with Gasteiger partial charge >= 0.3 is 5.97 Å². The Bertz CT molecular complexity index is 337. The largest absolute Gasteiger partial charge is 0.476 e. The Balaban J connectivity index is 2.37. The first-order valence-electron chi connectivity index (χ1n) is 5.00. The fourth-order valence-corrected chi connectivity index (χ4v) is 1.31. The fraction of sp³-hybridized carbons (Fsp3) is 0.600. The Kier molecular flexibility index (Phi) is 4.94. The predicted octanol–water partition coefficient (Wildman–Crippen LogP) is 0.841. The van der Waals surface area contributed by atoms with Gasteiger partial charge in [0.25, 0.3) is 0 Å². The van der Waals surface area contributed by atoms with Crippen molar-refractivity contribution in [3.63, 3.8) is 0 Å². The number of hydrogen-bond donors (Lipinski definition) is 1. The molecule has 6 nitrogen and oxygen atoms in total. The van der Waals surface area contributed by atoms with Gasteiger partial charge in [-0.3, -0.25) is 4.90 Å². The highest BCUT2D eigenvalue weighted by atomic mass is 16.5. The van der Waals surface area contributed by atoms with Crippen molar-refractivity contribution in [2.24, 2.45) is 0 Å². The molecule has 1 aromatic rings. The Hall–Kier alpha value is -1.40. The van der Waals surface area contributed by atoms with E-state index in [1.165, 1.54) is 6.07 Å². The van der Waals surface area contributed by atoms with Gasteiger partial charge in [0.15, 0.2) is 11.5 Å². The van der Waals surface area contributed by atoms with Crippen LogP contribution in [-0.4, -0.2) is 48.4 Å². The third kappa shape index (κ3) is 4.00. The van der Waals surface area contributed by atoms with Gasteiger partial charge in [0, 0.05) is 26.3 Å². The number of methoxy groups -OCH3 is 1. The highest BCUT2D eigenvalue weighted by Gasteiger charge is 2.11. The molecular weight excluding hydrogens is 212 g/mol. The van der Waals surface area contributed by atoms with E-state index in [0.29, 0.717) is 18.9 Å². The van der Waals surface area contributed by atoms with E-state index in [4.69, 9.17) is 14.4 Å². The molecule has 1 aromatic heterocycles. The van der Waals surface area contributed by atoms with Gasteiger partial charge in [-0.2, -0.15) is 0 Å². The van der Waals surface area contributed by atoms with Crippen LogP contribution >= 0.6 is 0 Å². The molecule has 0 spiro atoms. The molecule has 0 fully saturated rings. The van der Waals surface area contributed by atoms with Gasteiger partial charge in [0.2, 0.25) is 0 Å². The molecule has 1 N–H and O–H groups in total. The van der Waals surface area contributed by atoms with E-state index in [9.17, 15) is 4.79 Å². The molecule has 90 valence electrons. The number of rotatable bonds is 7. The Labute approximate surface area is 93.8 Å². The smallest absolute Gasteiger partial charge is 0.358 e. The summed E-state index contributed by atoms with van der Waals surface area (Å²) in [6.07, 6.45) is 0.924. The molecule has 0 unspecified atom stereocenters. The molecule has 0 radical (unpaired) electrons. The third-order valence-electron chi connectivity index (χ3n) is 2.09. The van der Waals surface area contributed by atoms with Crippen molar-refractivity contribution in [1.82, 2.24) is 10.1 Å². The number of carbonyl (C=O) groups is 1. The first-order valence-corrected chi connectivity index (χ1v) is 5.00. The Morgan fingerprint density at radius 2 is 2.44 bits per heavy atom. The topological polar surface area (TPSA) is 75.8 Å². The summed E-state index contributed by atoms with van der Waals surface area (Å²) in [6.45, 7) is 2.11. The molecule has 6 heteroatoms. The standard InChI is InChI=1S/C10H16N2O4/c1-12(4-3-5-15-2)7-8-6-9(10(13)14)11-16-8/h6H,3-5,7H2,1-2H3,(H,13,14). The second kappa shape index (κ2) is 6.24. The average Bonchev–Trinajstić information content (AvgIpc) is 2.66. The van der Waals surface area contributed by atoms with Crippen molar-refractivity contribution in [3.05, 3.63) is 17.5 Å². The number of carboxylic acid groups (broad SMARTS) is 1. The minimum Gasteiger partial charge on any atom is -0.476 e. The summed E-state index contributed by atoms with van der Waals surface area (Å²) in [6, 6.07) is 1.44. The summed E-state index contributed by atoms with van der Waals surface area (Å²) < 4.78 is 9.84. The molecule has 0 aromatic carbocycles. The van der Waals surface area contributed by atoms with Crippen LogP contribution in [-0.2, 0) is 11.3 Å². The highest BCUT2D eigenvalue weighted by Crippen LogP contribution is 2.06. The minimum absolute atomic E-state index is 0.0553. The van der Waals surface area contributed by atoms with Crippen molar-refractivity contribution < 1.29 is 19.2 Å². The van der Waals surface area contributed by atoms with Crippen molar-refractivity contribution in [2.45, 2.75) is 13.0 Å². The number of aromatic carboxylic acids is 1. The lowest BCUT2D eigenvalue weighted by Gasteiger charge is -2.13. The van der Waals surface area contributed by atoms with Crippen molar-refractivity contribution in [1.29, 1.82) is 0 Å². The van der Waals surface area contributed by atoms with Crippen molar-refractivity contribution >= 4 is 5.97 Å². The number of aromatic nitrogens is 1. The Morgan fingerprint density at radius 1 is 1.69 bits per heavy atom. The van der Waals surface area contributed by atoms with Crippen LogP contribution in [0.2, 0.25) is 0 Å². The van der Waals surface area contributed by atoms with Crippen LogP contribution in [0.5, 0.6) is 0 Å². The lowest BCUT2D eigenvalue weighted by molar-refractivity contribution is 0.0685. The normalized spacial score (nSPS) is 10.9. The first kappa shape index (κ1) is 12.7. The molecule has 0 saturated carbocycles. The van der Waals surface area contributed by atoms with E-state index in [0.717, 1.165) is 13.0 Å². The van der Waals surface area contributed by atoms with E-state index in [1.54, 1.807) is 7.11 Å². The molecule has 0 aliphatic carbocycles. The van der Waals surface area contributed by atoms with Gasteiger partial charge in [-0.05, 0) is 13.5 Å². The summed E-state index contributed by atoms with van der Waals surface area (Å²) in [4.78, 5) is 12.6. The molecular formula is C10H16N2O4. The van der Waals surface area contributed by atoms with E-state index in [1.807, 2.05) is 11.9 Å². The maximum atomic E-state index is 10.6. The SMILES string of the molecule is COCCCN(C)Cc1cc(C(=O)O)no1. The predicted molar refractivity (Wildman–Crippen MR) is 56.3 cm³/mol. The number of hydrogen-bond acceptors (Lipinski definition) is 5. The fourth-order valence-electron chi connectivity index (χ4n) is 1.31. The Morgan fingerprint density at radius 3 is 3.00 bits per heavy atom. The summed E-state index contributed by atoms with van der Waals surface area (Å²) >= 11 is 0. The molecule has 0 bridgehead atoms. The van der Waals surface area contributed by atoms with E-state index >= 15 is 0 Å². The number of carboxylic acids is 1. The van der Waals surface area contributed by atoms with E-state index in [-0.39, 0.29) is 5.69 Å². The molecule has 0 saturated heterocycles. The zero-order valence-electron chi connectivity index (χ0n) is 9.47. The van der Waals surface area contributed by atoms with Crippen LogP contribution in [0.1, 0.15) is 22.7 Å². The average molecular weight is 228 g/mol. The van der Waals surface area contributed by atoms with Gasteiger partial charge in [0.1, 0.15) is 0 Å². The molecule has 16 heavy (non-hydrogen) atoms. The summed E-state index contributed by atoms with van der Waals surface area (Å²) in [5.41, 5.74) is -0.0553. The molecule has 0 atom stereocenters. The minimum atomic E-state index is -1.07. The van der Waals surface area contributed by atoms with Gasteiger partial charge < -0.3 is 14.4 Å².